The van der Waals surface area contributed by atoms with Crippen LogP contribution in [-0.2, 0) is 23.7 Å². The second-order valence-electron chi connectivity index (χ2n) is 14.1. The lowest BCUT2D eigenvalue weighted by Gasteiger charge is -2.46. The average Bonchev–Trinajstić information content (AvgIpc) is 3.11. The molecule has 12 atom stereocenters. The van der Waals surface area contributed by atoms with Gasteiger partial charge in [0.1, 0.15) is 48.8 Å². The van der Waals surface area contributed by atoms with Crippen molar-refractivity contribution >= 4 is 5.91 Å². The van der Waals surface area contributed by atoms with E-state index in [-0.39, 0.29) is 12.5 Å². The van der Waals surface area contributed by atoms with Crippen molar-refractivity contribution in [3.63, 3.8) is 0 Å². The molecular formula is C36H69NO13. The molecular weight excluding hydrogens is 654 g/mol. The van der Waals surface area contributed by atoms with Crippen molar-refractivity contribution in [3.8, 4) is 0 Å². The highest BCUT2D eigenvalue weighted by molar-refractivity contribution is 5.76. The van der Waals surface area contributed by atoms with E-state index < -0.39 is 86.8 Å². The second kappa shape index (κ2) is 25.9. The van der Waals surface area contributed by atoms with Gasteiger partial charge in [-0.1, -0.05) is 110 Å². The van der Waals surface area contributed by atoms with Gasteiger partial charge in [-0.05, 0) is 12.8 Å². The third kappa shape index (κ3) is 15.5. The van der Waals surface area contributed by atoms with E-state index >= 15 is 0 Å². The molecule has 2 fully saturated rings. The van der Waals surface area contributed by atoms with Crippen molar-refractivity contribution in [2.45, 2.75) is 203 Å². The molecule has 2 aliphatic rings. The number of carbonyl (C=O) groups excluding carboxylic acids is 1. The highest BCUT2D eigenvalue weighted by Crippen LogP contribution is 2.30. The molecule has 14 nitrogen and oxygen atoms in total. The van der Waals surface area contributed by atoms with Gasteiger partial charge in [-0.15, -0.1) is 0 Å². The minimum atomic E-state index is -1.77. The number of aliphatic hydroxyl groups excluding tert-OH is 8. The Morgan fingerprint density at radius 3 is 1.70 bits per heavy atom. The summed E-state index contributed by atoms with van der Waals surface area (Å²) in [5, 5.41) is 85.8. The van der Waals surface area contributed by atoms with E-state index in [1.54, 1.807) is 0 Å². The van der Waals surface area contributed by atoms with Gasteiger partial charge in [0, 0.05) is 6.42 Å². The van der Waals surface area contributed by atoms with Crippen LogP contribution in [0.1, 0.15) is 129 Å². The molecule has 14 heteroatoms. The first-order valence-corrected chi connectivity index (χ1v) is 19.3. The molecule has 9 N–H and O–H groups in total. The fraction of sp³-hybridized carbons (Fsp3) is 0.972. The van der Waals surface area contributed by atoms with E-state index in [0.717, 1.165) is 44.9 Å². The Morgan fingerprint density at radius 2 is 1.14 bits per heavy atom. The molecule has 296 valence electrons. The summed E-state index contributed by atoms with van der Waals surface area (Å²) in [7, 11) is 0. The molecule has 2 rings (SSSR count). The quantitative estimate of drug-likeness (QED) is 0.0549. The zero-order valence-corrected chi connectivity index (χ0v) is 30.4. The number of unbranched alkanes of at least 4 members (excludes halogenated alkanes) is 14. The van der Waals surface area contributed by atoms with Gasteiger partial charge in [0.25, 0.3) is 0 Å². The number of rotatable bonds is 27. The minimum absolute atomic E-state index is 0.227. The Balaban J connectivity index is 1.91. The summed E-state index contributed by atoms with van der Waals surface area (Å²) < 4.78 is 22.5. The molecule has 2 saturated heterocycles. The number of nitrogens with one attached hydrogen (secondary N) is 1. The first kappa shape index (κ1) is 45.1. The van der Waals surface area contributed by atoms with Crippen LogP contribution in [0.2, 0.25) is 0 Å². The highest BCUT2D eigenvalue weighted by atomic mass is 16.7. The van der Waals surface area contributed by atoms with Gasteiger partial charge >= 0.3 is 0 Å². The summed E-state index contributed by atoms with van der Waals surface area (Å²) in [5.41, 5.74) is 0. The zero-order chi connectivity index (χ0) is 36.9. The van der Waals surface area contributed by atoms with Crippen LogP contribution in [0.25, 0.3) is 0 Å². The summed E-state index contributed by atoms with van der Waals surface area (Å²) in [6, 6.07) is -0.815. The highest BCUT2D eigenvalue weighted by Gasteiger charge is 2.50. The largest absolute Gasteiger partial charge is 0.394 e. The maximum absolute atomic E-state index is 12.8. The van der Waals surface area contributed by atoms with E-state index in [4.69, 9.17) is 18.9 Å². The molecule has 50 heavy (non-hydrogen) atoms. The Hall–Kier alpha value is -1.01. The van der Waals surface area contributed by atoms with Gasteiger partial charge in [-0.2, -0.15) is 0 Å². The standard InChI is InChI=1S/C36H69NO13/c1-3-5-7-9-10-11-12-13-14-15-16-17-19-25(40)24(37-28(41)20-18-8-6-4-2)23-47-35-33(46)31(44)34(27(22-39)49-35)50-36-32(45)30(43)29(42)26(21-38)48-36/h24-27,29-36,38-40,42-46H,3-23H2,1-2H3,(H,37,41). The van der Waals surface area contributed by atoms with Crippen molar-refractivity contribution in [3.05, 3.63) is 0 Å². The van der Waals surface area contributed by atoms with Crippen molar-refractivity contribution in [2.24, 2.45) is 0 Å². The summed E-state index contributed by atoms with van der Waals surface area (Å²) >= 11 is 0. The molecule has 1 amide bonds. The van der Waals surface area contributed by atoms with Gasteiger partial charge in [0.15, 0.2) is 12.6 Å². The Labute approximate surface area is 298 Å². The Kier molecular flexibility index (Phi) is 23.4. The van der Waals surface area contributed by atoms with Crippen LogP contribution in [0.4, 0.5) is 0 Å². The molecule has 2 aliphatic heterocycles. The lowest BCUT2D eigenvalue weighted by Crippen LogP contribution is -2.65. The number of amides is 1. The molecule has 0 spiro atoms. The molecule has 0 radical (unpaired) electrons. The first-order chi connectivity index (χ1) is 24.1. The van der Waals surface area contributed by atoms with Crippen LogP contribution >= 0.6 is 0 Å². The topological polar surface area (TPSA) is 228 Å². The van der Waals surface area contributed by atoms with Crippen molar-refractivity contribution in [1.29, 1.82) is 0 Å². The molecule has 0 saturated carbocycles. The van der Waals surface area contributed by atoms with E-state index in [0.29, 0.717) is 19.3 Å². The van der Waals surface area contributed by atoms with Crippen LogP contribution in [0.3, 0.4) is 0 Å². The van der Waals surface area contributed by atoms with E-state index in [1.165, 1.54) is 51.4 Å². The summed E-state index contributed by atoms with van der Waals surface area (Å²) in [6.45, 7) is 2.67. The third-order valence-electron chi connectivity index (χ3n) is 9.82. The van der Waals surface area contributed by atoms with Crippen LogP contribution in [0.15, 0.2) is 0 Å². The molecule has 12 unspecified atom stereocenters. The SMILES string of the molecule is CCCCCCCCCCCCCCC(O)C(COC1OC(CO)C(OC2OC(CO)C(O)C(O)C2O)C(O)C1O)NC(=O)CCCCCC. The van der Waals surface area contributed by atoms with Gasteiger partial charge in [0.05, 0.1) is 32.0 Å². The number of ether oxygens (including phenoxy) is 4. The maximum Gasteiger partial charge on any atom is 0.220 e. The lowest BCUT2D eigenvalue weighted by molar-refractivity contribution is -0.359. The average molecular weight is 724 g/mol. The Bertz CT molecular complexity index is 868. The molecule has 2 heterocycles. The number of carbonyl (C=O) groups is 1. The van der Waals surface area contributed by atoms with E-state index in [1.807, 2.05) is 0 Å². The third-order valence-corrected chi connectivity index (χ3v) is 9.82. The second-order valence-corrected chi connectivity index (χ2v) is 14.1. The van der Waals surface area contributed by atoms with E-state index in [9.17, 15) is 45.6 Å². The van der Waals surface area contributed by atoms with Crippen LogP contribution in [0, 0.1) is 0 Å². The Morgan fingerprint density at radius 1 is 0.640 bits per heavy atom. The van der Waals surface area contributed by atoms with Crippen LogP contribution in [-0.4, -0.2) is 140 Å². The summed E-state index contributed by atoms with van der Waals surface area (Å²) in [4.78, 5) is 12.8. The van der Waals surface area contributed by atoms with Gasteiger partial charge in [0.2, 0.25) is 5.91 Å². The molecule has 0 aromatic rings. The smallest absolute Gasteiger partial charge is 0.220 e. The summed E-state index contributed by atoms with van der Waals surface area (Å²) in [5.74, 6) is -0.227. The van der Waals surface area contributed by atoms with Gasteiger partial charge < -0.3 is 65.1 Å². The summed E-state index contributed by atoms with van der Waals surface area (Å²) in [6.07, 6.45) is 2.00. The number of hydrogen-bond donors (Lipinski definition) is 9. The first-order valence-electron chi connectivity index (χ1n) is 19.3. The van der Waals surface area contributed by atoms with Crippen LogP contribution < -0.4 is 5.32 Å². The molecule has 0 aromatic carbocycles. The van der Waals surface area contributed by atoms with Crippen LogP contribution in [0.5, 0.6) is 0 Å². The predicted molar refractivity (Wildman–Crippen MR) is 185 cm³/mol. The van der Waals surface area contributed by atoms with Gasteiger partial charge in [-0.25, -0.2) is 0 Å². The van der Waals surface area contributed by atoms with Crippen molar-refractivity contribution in [2.75, 3.05) is 19.8 Å². The van der Waals surface area contributed by atoms with Gasteiger partial charge in [-0.3, -0.25) is 4.79 Å². The predicted octanol–water partition coefficient (Wildman–Crippen LogP) is 1.53. The monoisotopic (exact) mass is 723 g/mol. The van der Waals surface area contributed by atoms with Crippen molar-refractivity contribution < 1.29 is 64.6 Å². The minimum Gasteiger partial charge on any atom is -0.394 e. The zero-order valence-electron chi connectivity index (χ0n) is 30.4. The molecule has 0 aliphatic carbocycles. The van der Waals surface area contributed by atoms with E-state index in [2.05, 4.69) is 19.2 Å². The normalized spacial score (nSPS) is 31.4. The maximum atomic E-state index is 12.8. The van der Waals surface area contributed by atoms with Crippen molar-refractivity contribution in [1.82, 2.24) is 5.32 Å². The fourth-order valence-corrected chi connectivity index (χ4v) is 6.53. The number of hydrogen-bond acceptors (Lipinski definition) is 13. The molecule has 0 aromatic heterocycles. The molecule has 0 bridgehead atoms. The number of aliphatic hydroxyl groups is 8. The fourth-order valence-electron chi connectivity index (χ4n) is 6.53. The lowest BCUT2D eigenvalue weighted by atomic mass is 9.97.